The quantitative estimate of drug-likeness (QED) is 0.293. The highest BCUT2D eigenvalue weighted by molar-refractivity contribution is 4.59. The van der Waals surface area contributed by atoms with Crippen LogP contribution in [0.25, 0.3) is 0 Å². The van der Waals surface area contributed by atoms with Crippen molar-refractivity contribution in [1.29, 1.82) is 0 Å². The lowest BCUT2D eigenvalue weighted by molar-refractivity contribution is -0.0936. The molecule has 9 heteroatoms. The van der Waals surface area contributed by atoms with Gasteiger partial charge >= 0.3 is 0 Å². The standard InChI is InChI=1S/C6H14O5.C6H12O4/c7-1-5(9)3-11-4-6(10)2-8;7-5-1-9-3-6(8)4-10-2-5/h5-10H,1-4H2;5-8H,1-4H2. The number of aliphatic hydroxyl groups is 6. The Hall–Kier alpha value is -0.360. The van der Waals surface area contributed by atoms with Crippen LogP contribution in [-0.4, -0.2) is 108 Å². The number of aliphatic hydroxyl groups excluding tert-OH is 6. The van der Waals surface area contributed by atoms with Crippen LogP contribution in [0, 0.1) is 0 Å². The van der Waals surface area contributed by atoms with Gasteiger partial charge in [0.25, 0.3) is 0 Å². The molecule has 0 amide bonds. The van der Waals surface area contributed by atoms with Crippen LogP contribution in [0.5, 0.6) is 0 Å². The maximum Gasteiger partial charge on any atom is 0.101 e. The first-order chi connectivity index (χ1) is 9.99. The first kappa shape index (κ1) is 20.6. The highest BCUT2D eigenvalue weighted by Crippen LogP contribution is 1.96. The largest absolute Gasteiger partial charge is 0.394 e. The summed E-state index contributed by atoms with van der Waals surface area (Å²) >= 11 is 0. The average molecular weight is 314 g/mol. The van der Waals surface area contributed by atoms with E-state index in [1.165, 1.54) is 0 Å². The smallest absolute Gasteiger partial charge is 0.101 e. The average Bonchev–Trinajstić information content (AvgIpc) is 2.45. The Bertz CT molecular complexity index is 199. The zero-order valence-corrected chi connectivity index (χ0v) is 11.9. The van der Waals surface area contributed by atoms with Gasteiger partial charge < -0.3 is 44.8 Å². The monoisotopic (exact) mass is 314 g/mol. The van der Waals surface area contributed by atoms with E-state index in [0.717, 1.165) is 0 Å². The van der Waals surface area contributed by atoms with Gasteiger partial charge in [0.1, 0.15) is 24.4 Å². The van der Waals surface area contributed by atoms with Crippen LogP contribution in [0.3, 0.4) is 0 Å². The van der Waals surface area contributed by atoms with Crippen molar-refractivity contribution in [1.82, 2.24) is 0 Å². The Morgan fingerprint density at radius 1 is 0.810 bits per heavy atom. The molecule has 0 radical (unpaired) electrons. The number of ether oxygens (including phenoxy) is 3. The Labute approximate surface area is 123 Å². The third-order valence-electron chi connectivity index (χ3n) is 2.28. The second kappa shape index (κ2) is 13.3. The van der Waals surface area contributed by atoms with E-state index in [9.17, 15) is 0 Å². The lowest BCUT2D eigenvalue weighted by atomic mass is 10.3. The van der Waals surface area contributed by atoms with E-state index >= 15 is 0 Å². The zero-order chi connectivity index (χ0) is 16.1. The minimum atomic E-state index is -0.916. The Morgan fingerprint density at radius 3 is 1.43 bits per heavy atom. The summed E-state index contributed by atoms with van der Waals surface area (Å²) in [6, 6.07) is 0. The van der Waals surface area contributed by atoms with Crippen molar-refractivity contribution in [2.75, 3.05) is 52.9 Å². The molecule has 1 aliphatic rings. The van der Waals surface area contributed by atoms with Crippen molar-refractivity contribution in [2.24, 2.45) is 0 Å². The summed E-state index contributed by atoms with van der Waals surface area (Å²) in [5.74, 6) is 0. The van der Waals surface area contributed by atoms with Crippen LogP contribution >= 0.6 is 0 Å². The molecular weight excluding hydrogens is 288 g/mol. The van der Waals surface area contributed by atoms with Crippen LogP contribution in [0.15, 0.2) is 0 Å². The Kier molecular flexibility index (Phi) is 13.1. The lowest BCUT2D eigenvalue weighted by Gasteiger charge is -2.18. The van der Waals surface area contributed by atoms with Gasteiger partial charge in [0, 0.05) is 0 Å². The van der Waals surface area contributed by atoms with Crippen molar-refractivity contribution in [2.45, 2.75) is 24.4 Å². The van der Waals surface area contributed by atoms with E-state index in [2.05, 4.69) is 0 Å². The van der Waals surface area contributed by atoms with Crippen molar-refractivity contribution in [3.63, 3.8) is 0 Å². The topological polar surface area (TPSA) is 149 Å². The molecule has 0 aliphatic carbocycles. The van der Waals surface area contributed by atoms with Gasteiger partial charge in [0.2, 0.25) is 0 Å². The van der Waals surface area contributed by atoms with E-state index in [4.69, 9.17) is 44.8 Å². The number of hydrogen-bond donors (Lipinski definition) is 6. The van der Waals surface area contributed by atoms with Crippen LogP contribution in [0.2, 0.25) is 0 Å². The molecule has 1 rings (SSSR count). The van der Waals surface area contributed by atoms with Crippen molar-refractivity contribution in [3.05, 3.63) is 0 Å². The fourth-order valence-corrected chi connectivity index (χ4v) is 1.22. The molecule has 128 valence electrons. The van der Waals surface area contributed by atoms with Gasteiger partial charge in [0.05, 0.1) is 52.9 Å². The van der Waals surface area contributed by atoms with E-state index in [1.807, 2.05) is 0 Å². The Morgan fingerprint density at radius 2 is 1.14 bits per heavy atom. The van der Waals surface area contributed by atoms with E-state index in [1.54, 1.807) is 0 Å². The Balaban J connectivity index is 0.000000382. The normalized spacial score (nSPS) is 26.0. The van der Waals surface area contributed by atoms with Crippen LogP contribution < -0.4 is 0 Å². The first-order valence-electron chi connectivity index (χ1n) is 6.66. The maximum atomic E-state index is 8.97. The van der Waals surface area contributed by atoms with Gasteiger partial charge in [-0.1, -0.05) is 0 Å². The summed E-state index contributed by atoms with van der Waals surface area (Å²) in [6.45, 7) is 0.188. The fourth-order valence-electron chi connectivity index (χ4n) is 1.22. The summed E-state index contributed by atoms with van der Waals surface area (Å²) in [5.41, 5.74) is 0. The minimum Gasteiger partial charge on any atom is -0.394 e. The van der Waals surface area contributed by atoms with E-state index in [-0.39, 0.29) is 52.9 Å². The molecule has 0 saturated carbocycles. The first-order valence-corrected chi connectivity index (χ1v) is 6.66. The van der Waals surface area contributed by atoms with Gasteiger partial charge in [0.15, 0.2) is 0 Å². The highest BCUT2D eigenvalue weighted by atomic mass is 16.5. The molecule has 1 aliphatic heterocycles. The highest BCUT2D eigenvalue weighted by Gasteiger charge is 2.12. The molecule has 1 fully saturated rings. The molecule has 6 N–H and O–H groups in total. The summed E-state index contributed by atoms with van der Waals surface area (Å²) < 4.78 is 14.6. The summed E-state index contributed by atoms with van der Waals surface area (Å²) in [4.78, 5) is 0. The fraction of sp³-hybridized carbons (Fsp3) is 1.00. The zero-order valence-electron chi connectivity index (χ0n) is 11.9. The summed E-state index contributed by atoms with van der Waals surface area (Å²) in [7, 11) is 0. The van der Waals surface area contributed by atoms with Crippen molar-refractivity contribution >= 4 is 0 Å². The molecule has 2 atom stereocenters. The molecule has 1 heterocycles. The molecule has 2 unspecified atom stereocenters. The molecule has 0 spiro atoms. The lowest BCUT2D eigenvalue weighted by Crippen LogP contribution is -2.32. The molecule has 0 aromatic heterocycles. The molecular formula is C12H26O9. The summed E-state index contributed by atoms with van der Waals surface area (Å²) in [5, 5.41) is 52.0. The number of rotatable bonds is 6. The molecule has 0 aromatic carbocycles. The maximum absolute atomic E-state index is 8.97. The van der Waals surface area contributed by atoms with Crippen molar-refractivity contribution in [3.8, 4) is 0 Å². The van der Waals surface area contributed by atoms with Crippen LogP contribution in [-0.2, 0) is 14.2 Å². The summed E-state index contributed by atoms with van der Waals surface area (Å²) in [6.07, 6.45) is -2.93. The third kappa shape index (κ3) is 13.1. The molecule has 21 heavy (non-hydrogen) atoms. The minimum absolute atomic E-state index is 0.0342. The van der Waals surface area contributed by atoms with Crippen LogP contribution in [0.4, 0.5) is 0 Å². The second-order valence-electron chi connectivity index (χ2n) is 4.59. The molecule has 0 aromatic rings. The van der Waals surface area contributed by atoms with E-state index in [0.29, 0.717) is 0 Å². The second-order valence-corrected chi connectivity index (χ2v) is 4.59. The number of hydrogen-bond acceptors (Lipinski definition) is 9. The molecule has 1 saturated heterocycles. The van der Waals surface area contributed by atoms with Gasteiger partial charge in [-0.15, -0.1) is 0 Å². The van der Waals surface area contributed by atoms with Gasteiger partial charge in [-0.05, 0) is 0 Å². The van der Waals surface area contributed by atoms with Crippen LogP contribution in [0.1, 0.15) is 0 Å². The molecule has 9 nitrogen and oxygen atoms in total. The predicted octanol–water partition coefficient (Wildman–Crippen LogP) is -3.54. The van der Waals surface area contributed by atoms with Gasteiger partial charge in [-0.3, -0.25) is 0 Å². The van der Waals surface area contributed by atoms with Crippen molar-refractivity contribution < 1.29 is 44.8 Å². The van der Waals surface area contributed by atoms with Gasteiger partial charge in [-0.2, -0.15) is 0 Å². The SMILES string of the molecule is OC1COCC(O)COC1.OCC(O)COCC(O)CO. The van der Waals surface area contributed by atoms with E-state index < -0.39 is 24.4 Å². The molecule has 0 bridgehead atoms. The third-order valence-corrected chi connectivity index (χ3v) is 2.28. The van der Waals surface area contributed by atoms with Gasteiger partial charge in [-0.25, -0.2) is 0 Å². The predicted molar refractivity (Wildman–Crippen MR) is 70.7 cm³/mol.